The van der Waals surface area contributed by atoms with Crippen LogP contribution in [-0.2, 0) is 9.53 Å². The zero-order valence-electron chi connectivity index (χ0n) is 13.8. The van der Waals surface area contributed by atoms with E-state index in [1.807, 2.05) is 0 Å². The number of hydrogen-bond donors (Lipinski definition) is 1. The molecule has 2 rings (SSSR count). The van der Waals surface area contributed by atoms with Gasteiger partial charge in [-0.05, 0) is 19.4 Å². The van der Waals surface area contributed by atoms with Crippen molar-refractivity contribution in [3.8, 4) is 6.07 Å². The number of nitrogens with zero attached hydrogens (tertiary/aromatic N) is 3. The van der Waals surface area contributed by atoms with Gasteiger partial charge in [-0.15, -0.1) is 0 Å². The summed E-state index contributed by atoms with van der Waals surface area (Å²) in [6, 6.07) is 7.95. The molecule has 0 spiro atoms. The fourth-order valence-corrected chi connectivity index (χ4v) is 2.88. The van der Waals surface area contributed by atoms with E-state index in [1.165, 1.54) is 18.2 Å². The highest BCUT2D eigenvalue weighted by molar-refractivity contribution is 5.98. The summed E-state index contributed by atoms with van der Waals surface area (Å²) in [6.07, 6.45) is 0. The van der Waals surface area contributed by atoms with E-state index >= 15 is 0 Å². The van der Waals surface area contributed by atoms with Gasteiger partial charge in [0.05, 0.1) is 29.1 Å². The van der Waals surface area contributed by atoms with Crippen LogP contribution in [0.4, 0.5) is 5.69 Å². The van der Waals surface area contributed by atoms with Gasteiger partial charge in [-0.25, -0.2) is 4.79 Å². The van der Waals surface area contributed by atoms with Crippen LogP contribution in [0.2, 0.25) is 0 Å². The molecule has 1 heterocycles. The lowest BCUT2D eigenvalue weighted by Crippen LogP contribution is -2.29. The van der Waals surface area contributed by atoms with Gasteiger partial charge in [0.25, 0.3) is 5.69 Å². The molecule has 8 nitrogen and oxygen atoms in total. The average Bonchev–Trinajstić information content (AvgIpc) is 2.59. The smallest absolute Gasteiger partial charge is 0.336 e. The lowest BCUT2D eigenvalue weighted by Gasteiger charge is -2.28. The molecule has 0 radical (unpaired) electrons. The number of carbonyl (C=O) groups excluding carboxylic acids is 1. The molecule has 1 aliphatic rings. The number of esters is 1. The summed E-state index contributed by atoms with van der Waals surface area (Å²) >= 11 is 0. The first-order valence-corrected chi connectivity index (χ1v) is 7.58. The number of nitro benzene ring substituents is 1. The largest absolute Gasteiger partial charge is 0.460 e. The van der Waals surface area contributed by atoms with Crippen LogP contribution in [0.5, 0.6) is 0 Å². The van der Waals surface area contributed by atoms with Gasteiger partial charge < -0.3 is 9.84 Å². The van der Waals surface area contributed by atoms with Crippen LogP contribution < -0.4 is 0 Å². The second-order valence-corrected chi connectivity index (χ2v) is 5.55. The van der Waals surface area contributed by atoms with Crippen LogP contribution in [-0.4, -0.2) is 34.9 Å². The normalized spacial score (nSPS) is 19.8. The average molecular weight is 343 g/mol. The van der Waals surface area contributed by atoms with Crippen molar-refractivity contribution in [3.05, 3.63) is 51.2 Å². The second-order valence-electron chi connectivity index (χ2n) is 5.55. The third kappa shape index (κ3) is 3.72. The first kappa shape index (κ1) is 18.3. The van der Waals surface area contributed by atoms with Crippen molar-refractivity contribution in [3.63, 3.8) is 0 Å². The molecule has 1 aromatic rings. The van der Waals surface area contributed by atoms with Crippen LogP contribution in [0.1, 0.15) is 25.3 Å². The Morgan fingerprint density at radius 1 is 1.48 bits per heavy atom. The molecule has 1 aliphatic heterocycles. The van der Waals surface area contributed by atoms with E-state index in [1.54, 1.807) is 19.9 Å². The molecule has 1 N–H and O–H groups in total. The molecule has 8 heteroatoms. The maximum absolute atomic E-state index is 12.4. The lowest BCUT2D eigenvalue weighted by molar-refractivity contribution is -0.384. The summed E-state index contributed by atoms with van der Waals surface area (Å²) in [5.41, 5.74) is 1.42. The fourth-order valence-electron chi connectivity index (χ4n) is 2.88. The van der Waals surface area contributed by atoms with E-state index in [0.29, 0.717) is 17.0 Å². The van der Waals surface area contributed by atoms with Crippen LogP contribution in [0.3, 0.4) is 0 Å². The van der Waals surface area contributed by atoms with Gasteiger partial charge in [0, 0.05) is 29.5 Å². The van der Waals surface area contributed by atoms with Gasteiger partial charge in [-0.3, -0.25) is 15.1 Å². The molecule has 0 amide bonds. The van der Waals surface area contributed by atoms with Gasteiger partial charge in [0.1, 0.15) is 6.61 Å². The van der Waals surface area contributed by atoms with E-state index in [2.05, 4.69) is 11.1 Å². The maximum atomic E-state index is 12.4. The topological polar surface area (TPSA) is 126 Å². The number of hydrogen-bond acceptors (Lipinski definition) is 7. The predicted octanol–water partition coefficient (Wildman–Crippen LogP) is 2.10. The summed E-state index contributed by atoms with van der Waals surface area (Å²) in [5.74, 6) is -2.17. The Bertz CT molecular complexity index is 807. The number of carbonyl (C=O) groups is 1. The highest BCUT2D eigenvalue weighted by atomic mass is 16.6. The summed E-state index contributed by atoms with van der Waals surface area (Å²) in [6.45, 7) is 2.79. The number of allylic oxidation sites excluding steroid dienone is 1. The Morgan fingerprint density at radius 2 is 2.20 bits per heavy atom. The van der Waals surface area contributed by atoms with Crippen LogP contribution in [0.25, 0.3) is 0 Å². The fraction of sp³-hybridized carbons (Fsp3) is 0.353. The molecule has 2 unspecified atom stereocenters. The minimum absolute atomic E-state index is 0.130. The third-order valence-corrected chi connectivity index (χ3v) is 3.95. The van der Waals surface area contributed by atoms with Crippen molar-refractivity contribution < 1.29 is 19.6 Å². The monoisotopic (exact) mass is 343 g/mol. The number of aliphatic imine (C=N–C) groups is 1. The highest BCUT2D eigenvalue weighted by Gasteiger charge is 2.38. The minimum Gasteiger partial charge on any atom is -0.460 e. The van der Waals surface area contributed by atoms with Gasteiger partial charge in [-0.2, -0.15) is 5.26 Å². The molecule has 0 saturated carbocycles. The number of nitriles is 1. The summed E-state index contributed by atoms with van der Waals surface area (Å²) < 4.78 is 5.00. The minimum atomic E-state index is -0.748. The maximum Gasteiger partial charge on any atom is 0.336 e. The van der Waals surface area contributed by atoms with Crippen molar-refractivity contribution in [2.45, 2.75) is 19.8 Å². The standard InChI is InChI=1S/C17H17N3O5/c1-10-14(9-18)16(12-4-3-5-13(8-12)20(23)24)15(11(2)19-10)17(22)25-7-6-21/h3-5,8,14,16,21H,6-7H2,1-2H3. The molecule has 0 fully saturated rings. The molecule has 0 bridgehead atoms. The van der Waals surface area contributed by atoms with Gasteiger partial charge in [0.2, 0.25) is 0 Å². The number of aliphatic hydroxyl groups excluding tert-OH is 1. The molecule has 0 saturated heterocycles. The number of aliphatic hydroxyl groups is 1. The molecular weight excluding hydrogens is 326 g/mol. The van der Waals surface area contributed by atoms with Crippen LogP contribution in [0, 0.1) is 27.4 Å². The zero-order chi connectivity index (χ0) is 18.6. The van der Waals surface area contributed by atoms with Crippen molar-refractivity contribution in [2.75, 3.05) is 13.2 Å². The van der Waals surface area contributed by atoms with E-state index in [4.69, 9.17) is 9.84 Å². The van der Waals surface area contributed by atoms with Crippen LogP contribution >= 0.6 is 0 Å². The lowest BCUT2D eigenvalue weighted by atomic mass is 9.76. The van der Waals surface area contributed by atoms with E-state index < -0.39 is 22.7 Å². The first-order chi connectivity index (χ1) is 11.9. The second kappa shape index (κ2) is 7.68. The van der Waals surface area contributed by atoms with Crippen molar-refractivity contribution in [1.29, 1.82) is 5.26 Å². The summed E-state index contributed by atoms with van der Waals surface area (Å²) in [4.78, 5) is 27.2. The van der Waals surface area contributed by atoms with E-state index in [0.717, 1.165) is 0 Å². The predicted molar refractivity (Wildman–Crippen MR) is 88.8 cm³/mol. The third-order valence-electron chi connectivity index (χ3n) is 3.95. The number of rotatable bonds is 5. The molecule has 1 aromatic carbocycles. The summed E-state index contributed by atoms with van der Waals surface area (Å²) in [7, 11) is 0. The number of ether oxygens (including phenoxy) is 1. The number of non-ortho nitro benzene ring substituents is 1. The molecule has 0 aliphatic carbocycles. The van der Waals surface area contributed by atoms with E-state index in [-0.39, 0.29) is 24.5 Å². The molecule has 2 atom stereocenters. The van der Waals surface area contributed by atoms with E-state index in [9.17, 15) is 20.2 Å². The Kier molecular flexibility index (Phi) is 5.62. The molecular formula is C17H17N3O5. The Balaban J connectivity index is 2.58. The Hall–Kier alpha value is -3.05. The molecule has 0 aromatic heterocycles. The molecule has 130 valence electrons. The quantitative estimate of drug-likeness (QED) is 0.495. The van der Waals surface area contributed by atoms with Gasteiger partial charge >= 0.3 is 5.97 Å². The van der Waals surface area contributed by atoms with Gasteiger partial charge in [-0.1, -0.05) is 12.1 Å². The van der Waals surface area contributed by atoms with Crippen molar-refractivity contribution in [1.82, 2.24) is 0 Å². The Labute approximate surface area is 144 Å². The van der Waals surface area contributed by atoms with Crippen LogP contribution in [0.15, 0.2) is 40.5 Å². The first-order valence-electron chi connectivity index (χ1n) is 7.58. The SMILES string of the molecule is CC1=NC(C)=C(C(=O)OCCO)C(c2cccc([N+](=O)[O-])c2)C1C#N. The van der Waals surface area contributed by atoms with Crippen molar-refractivity contribution >= 4 is 17.4 Å². The summed E-state index contributed by atoms with van der Waals surface area (Å²) in [5, 5.41) is 29.5. The Morgan fingerprint density at radius 3 is 2.80 bits per heavy atom. The molecule has 25 heavy (non-hydrogen) atoms. The zero-order valence-corrected chi connectivity index (χ0v) is 13.8. The highest BCUT2D eigenvalue weighted by Crippen LogP contribution is 2.39. The number of nitro groups is 1. The number of benzene rings is 1. The van der Waals surface area contributed by atoms with Crippen molar-refractivity contribution in [2.24, 2.45) is 10.9 Å². The van der Waals surface area contributed by atoms with Gasteiger partial charge in [0.15, 0.2) is 0 Å².